The van der Waals surface area contributed by atoms with Crippen molar-refractivity contribution in [2.75, 3.05) is 0 Å². The summed E-state index contributed by atoms with van der Waals surface area (Å²) in [6, 6.07) is 10.1. The van der Waals surface area contributed by atoms with Crippen molar-refractivity contribution in [3.8, 4) is 5.75 Å². The lowest BCUT2D eigenvalue weighted by Crippen LogP contribution is -2.43. The number of rotatable bonds is 5. The first kappa shape index (κ1) is 21.4. The van der Waals surface area contributed by atoms with Gasteiger partial charge in [0.2, 0.25) is 5.13 Å². The van der Waals surface area contributed by atoms with Crippen LogP contribution in [0, 0.1) is 0 Å². The van der Waals surface area contributed by atoms with E-state index in [-0.39, 0.29) is 5.75 Å². The number of aromatic nitrogens is 1. The van der Waals surface area contributed by atoms with Crippen molar-refractivity contribution in [1.82, 2.24) is 10.3 Å². The molecule has 1 atom stereocenters. The molecule has 0 bridgehead atoms. The maximum atomic E-state index is 12.7. The zero-order chi connectivity index (χ0) is 21.7. The monoisotopic (exact) mass is 426 g/mol. The van der Waals surface area contributed by atoms with E-state index in [0.29, 0.717) is 16.2 Å². The maximum Gasteiger partial charge on any atom is 0.408 e. The lowest BCUT2D eigenvalue weighted by molar-refractivity contribution is -0.136. The van der Waals surface area contributed by atoms with Crippen molar-refractivity contribution < 1.29 is 19.1 Å². The van der Waals surface area contributed by atoms with Gasteiger partial charge in [-0.1, -0.05) is 30.3 Å². The number of amides is 1. The van der Waals surface area contributed by atoms with Crippen LogP contribution in [0.25, 0.3) is 10.8 Å². The van der Waals surface area contributed by atoms with Crippen molar-refractivity contribution in [3.63, 3.8) is 0 Å². The molecule has 9 heteroatoms. The number of ether oxygens (including phenoxy) is 2. The molecule has 1 heterocycles. The first-order valence-electron chi connectivity index (χ1n) is 9.27. The molecule has 0 saturated heterocycles. The van der Waals surface area contributed by atoms with Crippen LogP contribution in [-0.4, -0.2) is 28.7 Å². The first-order chi connectivity index (χ1) is 14.2. The Morgan fingerprint density at radius 2 is 1.90 bits per heavy atom. The smallest absolute Gasteiger partial charge is 0.408 e. The fourth-order valence-electron chi connectivity index (χ4n) is 2.51. The number of nitrogens with one attached hydrogen (secondary N) is 1. The van der Waals surface area contributed by atoms with E-state index in [9.17, 15) is 9.59 Å². The van der Waals surface area contributed by atoms with Crippen molar-refractivity contribution in [3.05, 3.63) is 48.0 Å². The van der Waals surface area contributed by atoms with Gasteiger partial charge < -0.3 is 14.8 Å². The van der Waals surface area contributed by atoms with Crippen LogP contribution in [0.5, 0.6) is 5.75 Å². The largest absolute Gasteiger partial charge is 0.444 e. The second kappa shape index (κ2) is 9.00. The van der Waals surface area contributed by atoms with Crippen LogP contribution >= 0.6 is 11.3 Å². The number of alkyl carbamates (subject to hydrolysis) is 1. The quantitative estimate of drug-likeness (QED) is 0.328. The van der Waals surface area contributed by atoms with Gasteiger partial charge in [-0.3, -0.25) is 0 Å². The lowest BCUT2D eigenvalue weighted by Gasteiger charge is -2.21. The number of carbonyl (C=O) groups excluding carboxylic acids is 2. The van der Waals surface area contributed by atoms with Crippen molar-refractivity contribution >= 4 is 45.0 Å². The third-order valence-corrected chi connectivity index (χ3v) is 4.47. The molecule has 0 fully saturated rings. The number of thiazole rings is 1. The summed E-state index contributed by atoms with van der Waals surface area (Å²) in [6.07, 6.45) is 0.929. The van der Waals surface area contributed by atoms with E-state index in [4.69, 9.17) is 9.47 Å². The Balaban J connectivity index is 1.85. The zero-order valence-electron chi connectivity index (χ0n) is 17.1. The van der Waals surface area contributed by atoms with Gasteiger partial charge in [-0.15, -0.1) is 21.6 Å². The van der Waals surface area contributed by atoms with Gasteiger partial charge in [-0.05, 0) is 39.1 Å². The predicted octanol–water partition coefficient (Wildman–Crippen LogP) is 5.53. The third kappa shape index (κ3) is 5.60. The van der Waals surface area contributed by atoms with Crippen molar-refractivity contribution in [2.45, 2.75) is 39.3 Å². The molecule has 3 aromatic rings. The fraction of sp³-hybridized carbons (Fsp3) is 0.286. The number of carbonyl (C=O) groups is 2. The van der Waals surface area contributed by atoms with Gasteiger partial charge >= 0.3 is 12.1 Å². The van der Waals surface area contributed by atoms with Crippen LogP contribution in [0.4, 0.5) is 15.6 Å². The first-order valence-corrected chi connectivity index (χ1v) is 10.1. The number of hydrogen-bond donors (Lipinski definition) is 1. The van der Waals surface area contributed by atoms with E-state index < -0.39 is 23.7 Å². The highest BCUT2D eigenvalue weighted by Crippen LogP contribution is 2.37. The minimum Gasteiger partial charge on any atom is -0.444 e. The van der Waals surface area contributed by atoms with Gasteiger partial charge in [0.05, 0.1) is 0 Å². The molecule has 0 saturated carbocycles. The molecule has 30 heavy (non-hydrogen) atoms. The van der Waals surface area contributed by atoms with Gasteiger partial charge in [-0.25, -0.2) is 14.6 Å². The van der Waals surface area contributed by atoms with Gasteiger partial charge in [0.1, 0.15) is 17.3 Å². The van der Waals surface area contributed by atoms with Crippen LogP contribution in [0.3, 0.4) is 0 Å². The summed E-state index contributed by atoms with van der Waals surface area (Å²) in [5, 5.41) is 14.6. The van der Waals surface area contributed by atoms with Crippen LogP contribution in [0.2, 0.25) is 0 Å². The molecule has 0 aliphatic rings. The molecule has 1 N–H and O–H groups in total. The minimum absolute atomic E-state index is 0.260. The predicted molar refractivity (Wildman–Crippen MR) is 115 cm³/mol. The molecule has 2 aromatic carbocycles. The summed E-state index contributed by atoms with van der Waals surface area (Å²) in [4.78, 5) is 28.7. The Morgan fingerprint density at radius 3 is 2.60 bits per heavy atom. The van der Waals surface area contributed by atoms with Gasteiger partial charge in [-0.2, -0.15) is 0 Å². The molecule has 8 nitrogen and oxygen atoms in total. The third-order valence-electron chi connectivity index (χ3n) is 3.81. The van der Waals surface area contributed by atoms with Crippen molar-refractivity contribution in [1.29, 1.82) is 0 Å². The maximum absolute atomic E-state index is 12.7. The molecule has 3 rings (SSSR count). The van der Waals surface area contributed by atoms with Gasteiger partial charge in [0.15, 0.2) is 5.75 Å². The normalized spacial score (nSPS) is 12.7. The van der Waals surface area contributed by atoms with E-state index in [1.54, 1.807) is 38.4 Å². The average molecular weight is 426 g/mol. The summed E-state index contributed by atoms with van der Waals surface area (Å²) in [7, 11) is 0. The van der Waals surface area contributed by atoms with E-state index >= 15 is 0 Å². The van der Waals surface area contributed by atoms with Gasteiger partial charge in [0.25, 0.3) is 0 Å². The second-order valence-corrected chi connectivity index (χ2v) is 8.31. The zero-order valence-corrected chi connectivity index (χ0v) is 17.9. The van der Waals surface area contributed by atoms with Crippen molar-refractivity contribution in [2.24, 2.45) is 10.2 Å². The number of fused-ring (bicyclic) bond motifs is 1. The summed E-state index contributed by atoms with van der Waals surface area (Å²) in [5.41, 5.74) is -0.297. The SMILES string of the molecule is C[C@H](NC(=O)OC(C)(C)C)C(=O)Oc1c(N=Nc2nccs2)ccc2ccccc12. The Hall–Kier alpha value is -3.33. The summed E-state index contributed by atoms with van der Waals surface area (Å²) >= 11 is 1.34. The molecule has 1 aromatic heterocycles. The molecule has 0 aliphatic carbocycles. The number of benzene rings is 2. The van der Waals surface area contributed by atoms with E-state index in [2.05, 4.69) is 20.5 Å². The molecule has 0 aliphatic heterocycles. The van der Waals surface area contributed by atoms with Crippen LogP contribution in [-0.2, 0) is 9.53 Å². The molecule has 0 spiro atoms. The molecule has 1 amide bonds. The lowest BCUT2D eigenvalue weighted by atomic mass is 10.1. The highest BCUT2D eigenvalue weighted by Gasteiger charge is 2.24. The summed E-state index contributed by atoms with van der Waals surface area (Å²) in [5.74, 6) is -0.390. The van der Waals surface area contributed by atoms with E-state index in [1.165, 1.54) is 18.3 Å². The summed E-state index contributed by atoms with van der Waals surface area (Å²) in [6.45, 7) is 6.75. The Labute approximate surface area is 177 Å². The molecular formula is C21H22N4O4S. The second-order valence-electron chi connectivity index (χ2n) is 7.44. The minimum atomic E-state index is -0.928. The molecule has 156 valence electrons. The molecule has 0 radical (unpaired) electrons. The van der Waals surface area contributed by atoms with Crippen LogP contribution < -0.4 is 10.1 Å². The summed E-state index contributed by atoms with van der Waals surface area (Å²) < 4.78 is 10.8. The molecular weight excluding hydrogens is 404 g/mol. The van der Waals surface area contributed by atoms with Gasteiger partial charge in [0, 0.05) is 17.0 Å². The molecule has 0 unspecified atom stereocenters. The Kier molecular flexibility index (Phi) is 6.41. The number of nitrogens with zero attached hydrogens (tertiary/aromatic N) is 3. The highest BCUT2D eigenvalue weighted by molar-refractivity contribution is 7.13. The Bertz CT molecular complexity index is 1070. The van der Waals surface area contributed by atoms with E-state index in [1.807, 2.05) is 30.3 Å². The fourth-order valence-corrected chi connectivity index (χ4v) is 2.96. The number of esters is 1. The van der Waals surface area contributed by atoms with E-state index in [0.717, 1.165) is 5.39 Å². The number of azo groups is 1. The average Bonchev–Trinajstić information content (AvgIpc) is 3.19. The Morgan fingerprint density at radius 1 is 1.13 bits per heavy atom. The van der Waals surface area contributed by atoms with Crippen LogP contribution in [0.1, 0.15) is 27.7 Å². The highest BCUT2D eigenvalue weighted by atomic mass is 32.1. The number of hydrogen-bond acceptors (Lipinski definition) is 8. The standard InChI is InChI=1S/C21H22N4O4S/c1-13(23-20(27)29-21(2,3)4)18(26)28-17-15-8-6-5-7-14(15)9-10-16(17)24-25-19-22-11-12-30-19/h5-13H,1-4H3,(H,23,27)/t13-/m0/s1. The topological polar surface area (TPSA) is 102 Å². The van der Waals surface area contributed by atoms with Crippen LogP contribution in [0.15, 0.2) is 58.2 Å².